The molecule has 1 N–H and O–H groups in total. The number of esters is 1. The molecule has 0 saturated heterocycles. The Hall–Kier alpha value is -3.22. The summed E-state index contributed by atoms with van der Waals surface area (Å²) in [6.07, 6.45) is -1.35. The summed E-state index contributed by atoms with van der Waals surface area (Å²) in [6, 6.07) is 14.6. The molecular weight excluding hydrogens is 389 g/mol. The molecular formula is C23H26FNO5. The first-order valence-electron chi connectivity index (χ1n) is 9.62. The second kappa shape index (κ2) is 10.5. The molecule has 2 aromatic carbocycles. The van der Waals surface area contributed by atoms with Crippen LogP contribution in [0.25, 0.3) is 0 Å². The van der Waals surface area contributed by atoms with E-state index in [-0.39, 0.29) is 12.2 Å². The molecule has 1 amide bonds. The molecule has 6 nitrogen and oxygen atoms in total. The van der Waals surface area contributed by atoms with Gasteiger partial charge in [-0.1, -0.05) is 42.5 Å². The molecule has 0 saturated carbocycles. The van der Waals surface area contributed by atoms with Crippen LogP contribution in [-0.4, -0.2) is 30.0 Å². The number of ether oxygens (including phenoxy) is 2. The van der Waals surface area contributed by atoms with Crippen molar-refractivity contribution in [3.05, 3.63) is 71.5 Å². The minimum absolute atomic E-state index is 0.138. The number of benzene rings is 2. The van der Waals surface area contributed by atoms with E-state index >= 15 is 0 Å². The van der Waals surface area contributed by atoms with Gasteiger partial charge in [-0.25, -0.2) is 9.18 Å². The molecule has 0 heterocycles. The van der Waals surface area contributed by atoms with Gasteiger partial charge in [0.25, 0.3) is 0 Å². The fraction of sp³-hybridized carbons (Fsp3) is 0.348. The predicted molar refractivity (Wildman–Crippen MR) is 109 cm³/mol. The molecule has 0 bridgehead atoms. The molecule has 2 rings (SSSR count). The van der Waals surface area contributed by atoms with Crippen molar-refractivity contribution in [2.45, 2.75) is 45.3 Å². The van der Waals surface area contributed by atoms with Gasteiger partial charge >= 0.3 is 12.1 Å². The third-order valence-electron chi connectivity index (χ3n) is 3.99. The first-order chi connectivity index (χ1) is 14.1. The minimum Gasteiger partial charge on any atom is -0.448 e. The van der Waals surface area contributed by atoms with Crippen LogP contribution in [0.4, 0.5) is 9.18 Å². The zero-order valence-electron chi connectivity index (χ0n) is 17.3. The summed E-state index contributed by atoms with van der Waals surface area (Å²) in [7, 11) is 0. The van der Waals surface area contributed by atoms with Crippen LogP contribution in [0, 0.1) is 5.82 Å². The number of hydrogen-bond donors (Lipinski definition) is 1. The maximum Gasteiger partial charge on any atom is 0.408 e. The number of halogens is 1. The first-order valence-corrected chi connectivity index (χ1v) is 9.62. The standard InChI is InChI=1S/C23H26FNO5/c1-23(2,3)30-22(28)25-15-20(27)29-21(17-10-12-18(24)13-11-17)19(26)14-9-16-7-5-4-6-8-16/h4-8,10-13,21H,9,14-15H2,1-3H3,(H,25,28). The zero-order chi connectivity index (χ0) is 22.1. The van der Waals surface area contributed by atoms with Gasteiger partial charge in [0.15, 0.2) is 11.9 Å². The number of alkyl carbamates (subject to hydrolysis) is 1. The molecule has 2 aromatic rings. The summed E-state index contributed by atoms with van der Waals surface area (Å²) >= 11 is 0. The summed E-state index contributed by atoms with van der Waals surface area (Å²) in [6.45, 7) is 4.63. The zero-order valence-corrected chi connectivity index (χ0v) is 17.3. The average molecular weight is 415 g/mol. The SMILES string of the molecule is CC(C)(C)OC(=O)NCC(=O)OC(C(=O)CCc1ccccc1)c1ccc(F)cc1. The van der Waals surface area contributed by atoms with Crippen molar-refractivity contribution in [2.24, 2.45) is 0 Å². The van der Waals surface area contributed by atoms with Crippen molar-refractivity contribution in [3.63, 3.8) is 0 Å². The number of amides is 1. The number of Topliss-reactive ketones (excluding diaryl/α,β-unsaturated/α-hetero) is 1. The van der Waals surface area contributed by atoms with Crippen LogP contribution in [-0.2, 0) is 25.5 Å². The second-order valence-electron chi connectivity index (χ2n) is 7.73. The molecule has 1 unspecified atom stereocenters. The lowest BCUT2D eigenvalue weighted by atomic mass is 10.00. The lowest BCUT2D eigenvalue weighted by Crippen LogP contribution is -2.36. The van der Waals surface area contributed by atoms with Crippen molar-refractivity contribution in [3.8, 4) is 0 Å². The summed E-state index contributed by atoms with van der Waals surface area (Å²) in [5, 5.41) is 2.29. The number of rotatable bonds is 8. The largest absolute Gasteiger partial charge is 0.448 e. The van der Waals surface area contributed by atoms with Gasteiger partial charge in [-0.3, -0.25) is 9.59 Å². The summed E-state index contributed by atoms with van der Waals surface area (Å²) < 4.78 is 23.7. The summed E-state index contributed by atoms with van der Waals surface area (Å²) in [5.74, 6) is -1.59. The van der Waals surface area contributed by atoms with Crippen LogP contribution in [0.15, 0.2) is 54.6 Å². The first kappa shape index (κ1) is 23.1. The molecule has 160 valence electrons. The minimum atomic E-state index is -1.19. The van der Waals surface area contributed by atoms with E-state index in [9.17, 15) is 18.8 Å². The number of ketones is 1. The van der Waals surface area contributed by atoms with Crippen LogP contribution in [0.3, 0.4) is 0 Å². The molecule has 7 heteroatoms. The molecule has 0 aliphatic rings. The topological polar surface area (TPSA) is 81.7 Å². The fourth-order valence-electron chi connectivity index (χ4n) is 2.63. The van der Waals surface area contributed by atoms with E-state index in [0.29, 0.717) is 12.0 Å². The van der Waals surface area contributed by atoms with Gasteiger partial charge in [0.2, 0.25) is 0 Å². The van der Waals surface area contributed by atoms with Gasteiger partial charge in [-0.2, -0.15) is 0 Å². The van der Waals surface area contributed by atoms with Crippen LogP contribution in [0.2, 0.25) is 0 Å². The van der Waals surface area contributed by atoms with Crippen molar-refractivity contribution in [2.75, 3.05) is 6.54 Å². The molecule has 0 aliphatic heterocycles. The number of hydrogen-bond acceptors (Lipinski definition) is 5. The molecule has 30 heavy (non-hydrogen) atoms. The smallest absolute Gasteiger partial charge is 0.408 e. The Morgan fingerprint density at radius 3 is 2.23 bits per heavy atom. The Balaban J connectivity index is 2.02. The molecule has 0 spiro atoms. The van der Waals surface area contributed by atoms with E-state index in [2.05, 4.69) is 5.32 Å². The molecule has 0 aliphatic carbocycles. The fourth-order valence-corrected chi connectivity index (χ4v) is 2.63. The Kier molecular flexibility index (Phi) is 8.09. The maximum absolute atomic E-state index is 13.3. The second-order valence-corrected chi connectivity index (χ2v) is 7.73. The highest BCUT2D eigenvalue weighted by Gasteiger charge is 2.25. The third kappa shape index (κ3) is 8.03. The van der Waals surface area contributed by atoms with E-state index < -0.39 is 36.1 Å². The highest BCUT2D eigenvalue weighted by atomic mass is 19.1. The van der Waals surface area contributed by atoms with E-state index in [0.717, 1.165) is 5.56 Å². The Morgan fingerprint density at radius 2 is 1.63 bits per heavy atom. The van der Waals surface area contributed by atoms with Crippen LogP contribution >= 0.6 is 0 Å². The normalized spacial score (nSPS) is 12.0. The Morgan fingerprint density at radius 1 is 1.00 bits per heavy atom. The molecule has 0 fully saturated rings. The van der Waals surface area contributed by atoms with E-state index in [1.165, 1.54) is 24.3 Å². The van der Waals surface area contributed by atoms with Gasteiger partial charge in [0.05, 0.1) is 0 Å². The lowest BCUT2D eigenvalue weighted by molar-refractivity contribution is -0.154. The predicted octanol–water partition coefficient (Wildman–Crippen LogP) is 4.14. The van der Waals surface area contributed by atoms with Crippen molar-refractivity contribution in [1.82, 2.24) is 5.32 Å². The lowest BCUT2D eigenvalue weighted by Gasteiger charge is -2.20. The van der Waals surface area contributed by atoms with E-state index in [1.807, 2.05) is 30.3 Å². The molecule has 0 aromatic heterocycles. The van der Waals surface area contributed by atoms with E-state index in [1.54, 1.807) is 20.8 Å². The maximum atomic E-state index is 13.3. The summed E-state index contributed by atoms with van der Waals surface area (Å²) in [4.78, 5) is 36.7. The van der Waals surface area contributed by atoms with Crippen LogP contribution in [0.1, 0.15) is 44.4 Å². The van der Waals surface area contributed by atoms with Gasteiger partial charge in [0, 0.05) is 12.0 Å². The van der Waals surface area contributed by atoms with Crippen molar-refractivity contribution >= 4 is 17.8 Å². The van der Waals surface area contributed by atoms with Crippen LogP contribution < -0.4 is 5.32 Å². The molecule has 0 radical (unpaired) electrons. The highest BCUT2D eigenvalue weighted by molar-refractivity contribution is 5.87. The Labute approximate surface area is 175 Å². The quantitative estimate of drug-likeness (QED) is 0.656. The van der Waals surface area contributed by atoms with Gasteiger partial charge in [-0.15, -0.1) is 0 Å². The highest BCUT2D eigenvalue weighted by Crippen LogP contribution is 2.22. The number of aryl methyl sites for hydroxylation is 1. The van der Waals surface area contributed by atoms with E-state index in [4.69, 9.17) is 9.47 Å². The van der Waals surface area contributed by atoms with Crippen molar-refractivity contribution < 1.29 is 28.2 Å². The molecule has 1 atom stereocenters. The summed E-state index contributed by atoms with van der Waals surface area (Å²) in [5.41, 5.74) is 0.625. The van der Waals surface area contributed by atoms with Gasteiger partial charge in [0.1, 0.15) is 18.0 Å². The Bertz CT molecular complexity index is 859. The van der Waals surface area contributed by atoms with Crippen molar-refractivity contribution in [1.29, 1.82) is 0 Å². The third-order valence-corrected chi connectivity index (χ3v) is 3.99. The number of carbonyl (C=O) groups excluding carboxylic acids is 3. The van der Waals surface area contributed by atoms with Gasteiger partial charge in [-0.05, 0) is 44.9 Å². The number of carbonyl (C=O) groups is 3. The van der Waals surface area contributed by atoms with Gasteiger partial charge < -0.3 is 14.8 Å². The number of nitrogens with one attached hydrogen (secondary N) is 1. The monoisotopic (exact) mass is 415 g/mol. The van der Waals surface area contributed by atoms with Crippen LogP contribution in [0.5, 0.6) is 0 Å². The average Bonchev–Trinajstić information content (AvgIpc) is 2.69.